The molecule has 150 valence electrons. The van der Waals surface area contributed by atoms with Crippen LogP contribution in [0.1, 0.15) is 10.4 Å². The molecule has 3 aromatic carbocycles. The van der Waals surface area contributed by atoms with E-state index in [1.807, 2.05) is 54.6 Å². The number of rotatable bonds is 4. The summed E-state index contributed by atoms with van der Waals surface area (Å²) in [6.07, 6.45) is -1.05. The molecule has 3 rings (SSSR count). The van der Waals surface area contributed by atoms with E-state index in [1.165, 1.54) is 0 Å². The van der Waals surface area contributed by atoms with Gasteiger partial charge in [-0.2, -0.15) is 0 Å². The molecule has 0 aliphatic rings. The molecule has 9 heteroatoms. The number of nitrogens with one attached hydrogen (secondary N) is 3. The molecular formula is C20H15Cl3IN3OS. The Balaban J connectivity index is 1.76. The molecule has 29 heavy (non-hydrogen) atoms. The van der Waals surface area contributed by atoms with E-state index in [-0.39, 0.29) is 11.0 Å². The predicted octanol–water partition coefficient (Wildman–Crippen LogP) is 5.86. The lowest BCUT2D eigenvalue weighted by molar-refractivity contribution is 0.0933. The van der Waals surface area contributed by atoms with Gasteiger partial charge < -0.3 is 16.0 Å². The Hall–Kier alpha value is -1.32. The van der Waals surface area contributed by atoms with Crippen LogP contribution in [0.25, 0.3) is 10.8 Å². The van der Waals surface area contributed by atoms with E-state index in [4.69, 9.17) is 47.0 Å². The first-order valence-electron chi connectivity index (χ1n) is 8.43. The molecule has 0 aliphatic heterocycles. The average Bonchev–Trinajstić information content (AvgIpc) is 2.67. The second-order valence-electron chi connectivity index (χ2n) is 6.05. The highest BCUT2D eigenvalue weighted by atomic mass is 127. The van der Waals surface area contributed by atoms with Crippen molar-refractivity contribution in [2.24, 2.45) is 0 Å². The summed E-state index contributed by atoms with van der Waals surface area (Å²) in [5.41, 5.74) is 1.27. The quantitative estimate of drug-likeness (QED) is 0.157. The largest absolute Gasteiger partial charge is 0.339 e. The van der Waals surface area contributed by atoms with E-state index in [0.29, 0.717) is 5.56 Å². The molecule has 1 amide bonds. The molecule has 4 nitrogen and oxygen atoms in total. The lowest BCUT2D eigenvalue weighted by atomic mass is 10.1. The normalized spacial score (nSPS) is 12.3. The Labute approximate surface area is 202 Å². The molecule has 3 aromatic rings. The molecule has 0 heterocycles. The highest BCUT2D eigenvalue weighted by Crippen LogP contribution is 2.30. The maximum absolute atomic E-state index is 12.6. The van der Waals surface area contributed by atoms with Crippen molar-refractivity contribution in [3.8, 4) is 0 Å². The third-order valence-electron chi connectivity index (χ3n) is 4.03. The molecule has 1 unspecified atom stereocenters. The Bertz CT molecular complexity index is 1050. The van der Waals surface area contributed by atoms with Crippen LogP contribution in [-0.2, 0) is 0 Å². The smallest absolute Gasteiger partial charge is 0.254 e. The Morgan fingerprint density at radius 2 is 1.59 bits per heavy atom. The first kappa shape index (κ1) is 22.4. The third-order valence-corrected chi connectivity index (χ3v) is 5.85. The number of alkyl halides is 3. The second-order valence-corrected chi connectivity index (χ2v) is 9.99. The average molecular weight is 579 g/mol. The van der Waals surface area contributed by atoms with Crippen LogP contribution in [0.3, 0.4) is 0 Å². The fourth-order valence-corrected chi connectivity index (χ4v) is 3.87. The van der Waals surface area contributed by atoms with Crippen molar-refractivity contribution in [1.29, 1.82) is 0 Å². The molecule has 0 aromatic heterocycles. The molecule has 0 radical (unpaired) electrons. The molecule has 1 atom stereocenters. The Morgan fingerprint density at radius 3 is 2.31 bits per heavy atom. The van der Waals surface area contributed by atoms with Gasteiger partial charge in [-0.3, -0.25) is 4.79 Å². The van der Waals surface area contributed by atoms with Crippen molar-refractivity contribution in [1.82, 2.24) is 10.6 Å². The number of hydrogen-bond donors (Lipinski definition) is 3. The molecule has 0 aliphatic carbocycles. The molecule has 0 saturated carbocycles. The van der Waals surface area contributed by atoms with E-state index in [0.717, 1.165) is 20.0 Å². The first-order valence-corrected chi connectivity index (χ1v) is 11.0. The molecule has 0 saturated heterocycles. The van der Waals surface area contributed by atoms with Crippen molar-refractivity contribution in [2.75, 3.05) is 5.32 Å². The third kappa shape index (κ3) is 5.86. The summed E-state index contributed by atoms with van der Waals surface area (Å²) in [7, 11) is 0. The van der Waals surface area contributed by atoms with Crippen LogP contribution in [0, 0.1) is 3.57 Å². The standard InChI is InChI=1S/C20H15Cl3IN3OS/c21-20(22,23)18(26-17(28)14-9-3-4-10-15(14)24)27-19(29)25-16-11-5-7-12-6-1-2-8-13(12)16/h1-11,18H,(H,26,28)(H2,25,27,29). The van der Waals surface area contributed by atoms with E-state index < -0.39 is 9.96 Å². The van der Waals surface area contributed by atoms with Crippen LogP contribution in [-0.4, -0.2) is 21.0 Å². The number of halogens is 4. The number of benzene rings is 3. The van der Waals surface area contributed by atoms with Crippen molar-refractivity contribution >= 4 is 97.1 Å². The first-order chi connectivity index (χ1) is 13.8. The van der Waals surface area contributed by atoms with Crippen LogP contribution < -0.4 is 16.0 Å². The van der Waals surface area contributed by atoms with Gasteiger partial charge in [-0.05, 0) is 58.4 Å². The van der Waals surface area contributed by atoms with E-state index in [1.54, 1.807) is 12.1 Å². The summed E-state index contributed by atoms with van der Waals surface area (Å²) in [4.78, 5) is 12.6. The number of carbonyl (C=O) groups is 1. The van der Waals surface area contributed by atoms with Crippen LogP contribution in [0.2, 0.25) is 0 Å². The number of fused-ring (bicyclic) bond motifs is 1. The van der Waals surface area contributed by atoms with Gasteiger partial charge in [-0.25, -0.2) is 0 Å². The van der Waals surface area contributed by atoms with Crippen molar-refractivity contribution in [2.45, 2.75) is 9.96 Å². The van der Waals surface area contributed by atoms with Gasteiger partial charge in [0, 0.05) is 14.6 Å². The molecule has 0 bridgehead atoms. The minimum Gasteiger partial charge on any atom is -0.339 e. The van der Waals surface area contributed by atoms with Crippen LogP contribution >= 0.6 is 69.6 Å². The summed E-state index contributed by atoms with van der Waals surface area (Å²) in [5.74, 6) is -0.383. The van der Waals surface area contributed by atoms with Crippen molar-refractivity contribution < 1.29 is 4.79 Å². The highest BCUT2D eigenvalue weighted by Gasteiger charge is 2.35. The number of thiocarbonyl (C=S) groups is 1. The zero-order valence-corrected chi connectivity index (χ0v) is 20.0. The Kier molecular flexibility index (Phi) is 7.45. The van der Waals surface area contributed by atoms with Gasteiger partial charge >= 0.3 is 0 Å². The number of carbonyl (C=O) groups excluding carboxylic acids is 1. The zero-order valence-electron chi connectivity index (χ0n) is 14.8. The van der Waals surface area contributed by atoms with Gasteiger partial charge in [-0.1, -0.05) is 83.3 Å². The number of amides is 1. The number of hydrogen-bond acceptors (Lipinski definition) is 2. The molecule has 3 N–H and O–H groups in total. The predicted molar refractivity (Wildman–Crippen MR) is 134 cm³/mol. The van der Waals surface area contributed by atoms with Gasteiger partial charge in [0.25, 0.3) is 5.91 Å². The number of anilines is 1. The topological polar surface area (TPSA) is 53.2 Å². The van der Waals surface area contributed by atoms with Gasteiger partial charge in [0.05, 0.1) is 5.56 Å². The van der Waals surface area contributed by atoms with Gasteiger partial charge in [0.2, 0.25) is 3.79 Å². The lowest BCUT2D eigenvalue weighted by Gasteiger charge is -2.28. The minimum atomic E-state index is -1.83. The molecular weight excluding hydrogens is 564 g/mol. The summed E-state index contributed by atoms with van der Waals surface area (Å²) in [6.45, 7) is 0. The lowest BCUT2D eigenvalue weighted by Crippen LogP contribution is -2.56. The highest BCUT2D eigenvalue weighted by molar-refractivity contribution is 14.1. The molecule has 0 fully saturated rings. The van der Waals surface area contributed by atoms with E-state index in [2.05, 4.69) is 38.5 Å². The SMILES string of the molecule is O=C(NC(NC(=S)Nc1cccc2ccccc12)C(Cl)(Cl)Cl)c1ccccc1I. The van der Waals surface area contributed by atoms with Gasteiger partial charge in [-0.15, -0.1) is 0 Å². The second kappa shape index (κ2) is 9.66. The monoisotopic (exact) mass is 577 g/mol. The fraction of sp³-hybridized carbons (Fsp3) is 0.100. The molecule has 0 spiro atoms. The maximum atomic E-state index is 12.6. The Morgan fingerprint density at radius 1 is 0.931 bits per heavy atom. The van der Waals surface area contributed by atoms with Crippen molar-refractivity contribution in [3.05, 3.63) is 75.9 Å². The summed E-state index contributed by atoms with van der Waals surface area (Å²) >= 11 is 25.7. The van der Waals surface area contributed by atoms with E-state index in [9.17, 15) is 4.79 Å². The van der Waals surface area contributed by atoms with Gasteiger partial charge in [0.15, 0.2) is 5.11 Å². The minimum absolute atomic E-state index is 0.209. The zero-order chi connectivity index (χ0) is 21.0. The van der Waals surface area contributed by atoms with E-state index >= 15 is 0 Å². The maximum Gasteiger partial charge on any atom is 0.254 e. The van der Waals surface area contributed by atoms with Gasteiger partial charge in [0.1, 0.15) is 6.17 Å². The summed E-state index contributed by atoms with van der Waals surface area (Å²) in [6, 6.07) is 20.8. The van der Waals surface area contributed by atoms with Crippen LogP contribution in [0.5, 0.6) is 0 Å². The van der Waals surface area contributed by atoms with Crippen LogP contribution in [0.15, 0.2) is 66.7 Å². The van der Waals surface area contributed by atoms with Crippen LogP contribution in [0.4, 0.5) is 5.69 Å². The van der Waals surface area contributed by atoms with Crippen molar-refractivity contribution in [3.63, 3.8) is 0 Å². The summed E-state index contributed by atoms with van der Waals surface area (Å²) in [5, 5.41) is 10.9. The fourth-order valence-electron chi connectivity index (χ4n) is 2.68. The summed E-state index contributed by atoms with van der Waals surface area (Å²) < 4.78 is -1.05.